The monoisotopic (exact) mass is 365 g/mol. The Bertz CT molecular complexity index is 1000. The summed E-state index contributed by atoms with van der Waals surface area (Å²) in [5.41, 5.74) is 4.94. The highest BCUT2D eigenvalue weighted by Gasteiger charge is 2.25. The normalized spacial score (nSPS) is 15.9. The molecule has 0 bridgehead atoms. The molecular formula is C22H23NO4. The highest BCUT2D eigenvalue weighted by atomic mass is 16.5. The van der Waals surface area contributed by atoms with Crippen molar-refractivity contribution in [3.8, 4) is 11.5 Å². The molecule has 140 valence electrons. The third-order valence-electron chi connectivity index (χ3n) is 5.03. The maximum atomic E-state index is 12.7. The summed E-state index contributed by atoms with van der Waals surface area (Å²) in [5.74, 6) is 1.61. The Morgan fingerprint density at radius 3 is 2.93 bits per heavy atom. The maximum Gasteiger partial charge on any atom is 0.225 e. The maximum absolute atomic E-state index is 12.7. The number of aryl methyl sites for hydroxylation is 2. The van der Waals surface area contributed by atoms with E-state index in [-0.39, 0.29) is 18.4 Å². The summed E-state index contributed by atoms with van der Waals surface area (Å²) in [6.07, 6.45) is 2.69. The zero-order valence-electron chi connectivity index (χ0n) is 15.8. The molecule has 1 unspecified atom stereocenters. The molecule has 1 aliphatic rings. The van der Waals surface area contributed by atoms with E-state index in [1.165, 1.54) is 5.56 Å². The quantitative estimate of drug-likeness (QED) is 0.751. The molecule has 1 amide bonds. The van der Waals surface area contributed by atoms with Crippen molar-refractivity contribution in [1.82, 2.24) is 5.32 Å². The van der Waals surface area contributed by atoms with Gasteiger partial charge in [-0.25, -0.2) is 0 Å². The molecule has 0 saturated heterocycles. The summed E-state index contributed by atoms with van der Waals surface area (Å²) >= 11 is 0. The van der Waals surface area contributed by atoms with E-state index in [1.807, 2.05) is 25.1 Å². The van der Waals surface area contributed by atoms with Gasteiger partial charge in [-0.05, 0) is 31.5 Å². The van der Waals surface area contributed by atoms with Crippen molar-refractivity contribution in [2.45, 2.75) is 32.7 Å². The van der Waals surface area contributed by atoms with Crippen LogP contribution in [-0.4, -0.2) is 19.6 Å². The average molecular weight is 365 g/mol. The number of methoxy groups -OCH3 is 1. The van der Waals surface area contributed by atoms with Gasteiger partial charge in [0.05, 0.1) is 32.4 Å². The number of hydrogen-bond donors (Lipinski definition) is 1. The lowest BCUT2D eigenvalue weighted by molar-refractivity contribution is -0.121. The van der Waals surface area contributed by atoms with Gasteiger partial charge in [0.15, 0.2) is 0 Å². The number of ether oxygens (including phenoxy) is 2. The van der Waals surface area contributed by atoms with Gasteiger partial charge in [0.25, 0.3) is 0 Å². The molecule has 0 radical (unpaired) electrons. The molecule has 0 aliphatic carbocycles. The number of hydrogen-bond acceptors (Lipinski definition) is 4. The van der Waals surface area contributed by atoms with Gasteiger partial charge in [-0.3, -0.25) is 4.79 Å². The number of carbonyl (C=O) groups excluding carboxylic acids is 1. The van der Waals surface area contributed by atoms with Crippen LogP contribution in [0.3, 0.4) is 0 Å². The van der Waals surface area contributed by atoms with Crippen LogP contribution in [0.1, 0.15) is 34.7 Å². The van der Waals surface area contributed by atoms with Crippen LogP contribution < -0.4 is 14.8 Å². The van der Waals surface area contributed by atoms with Crippen molar-refractivity contribution in [3.63, 3.8) is 0 Å². The molecule has 0 spiro atoms. The summed E-state index contributed by atoms with van der Waals surface area (Å²) in [5, 5.41) is 4.10. The number of fused-ring (bicyclic) bond motifs is 2. The van der Waals surface area contributed by atoms with Gasteiger partial charge in [-0.15, -0.1) is 0 Å². The smallest absolute Gasteiger partial charge is 0.225 e. The minimum absolute atomic E-state index is 0.0227. The number of amides is 1. The van der Waals surface area contributed by atoms with Crippen LogP contribution in [0.5, 0.6) is 11.5 Å². The largest absolute Gasteiger partial charge is 0.497 e. The van der Waals surface area contributed by atoms with Crippen molar-refractivity contribution < 1.29 is 18.7 Å². The summed E-state index contributed by atoms with van der Waals surface area (Å²) in [6, 6.07) is 9.81. The first-order chi connectivity index (χ1) is 13.0. The second kappa shape index (κ2) is 6.99. The summed E-state index contributed by atoms with van der Waals surface area (Å²) in [7, 11) is 1.62. The van der Waals surface area contributed by atoms with Gasteiger partial charge in [0, 0.05) is 29.0 Å². The van der Waals surface area contributed by atoms with E-state index in [9.17, 15) is 4.79 Å². The fourth-order valence-electron chi connectivity index (χ4n) is 3.77. The lowest BCUT2D eigenvalue weighted by Crippen LogP contribution is -2.33. The Morgan fingerprint density at radius 2 is 2.11 bits per heavy atom. The predicted molar refractivity (Wildman–Crippen MR) is 103 cm³/mol. The van der Waals surface area contributed by atoms with E-state index < -0.39 is 0 Å². The number of benzene rings is 2. The van der Waals surface area contributed by atoms with Crippen LogP contribution in [-0.2, 0) is 11.2 Å². The molecule has 0 saturated carbocycles. The lowest BCUT2D eigenvalue weighted by atomic mass is 9.95. The zero-order chi connectivity index (χ0) is 19.0. The first kappa shape index (κ1) is 17.5. The first-order valence-corrected chi connectivity index (χ1v) is 9.12. The third-order valence-corrected chi connectivity index (χ3v) is 5.03. The Balaban J connectivity index is 1.53. The first-order valence-electron chi connectivity index (χ1n) is 9.12. The lowest BCUT2D eigenvalue weighted by Gasteiger charge is -2.28. The molecule has 1 aliphatic heterocycles. The second-order valence-corrected chi connectivity index (χ2v) is 7.06. The van der Waals surface area contributed by atoms with Crippen LogP contribution >= 0.6 is 0 Å². The molecule has 4 rings (SSSR count). The highest BCUT2D eigenvalue weighted by Crippen LogP contribution is 2.36. The van der Waals surface area contributed by atoms with Crippen molar-refractivity contribution in [1.29, 1.82) is 0 Å². The zero-order valence-corrected chi connectivity index (χ0v) is 15.8. The van der Waals surface area contributed by atoms with E-state index in [0.717, 1.165) is 45.6 Å². The van der Waals surface area contributed by atoms with Crippen molar-refractivity contribution in [2.24, 2.45) is 0 Å². The van der Waals surface area contributed by atoms with Crippen LogP contribution in [0.15, 0.2) is 41.0 Å². The van der Waals surface area contributed by atoms with Crippen molar-refractivity contribution >= 4 is 16.9 Å². The van der Waals surface area contributed by atoms with Crippen LogP contribution in [0.25, 0.3) is 11.0 Å². The summed E-state index contributed by atoms with van der Waals surface area (Å²) < 4.78 is 16.6. The molecule has 1 atom stereocenters. The summed E-state index contributed by atoms with van der Waals surface area (Å²) in [4.78, 5) is 12.7. The highest BCUT2D eigenvalue weighted by molar-refractivity contribution is 5.88. The van der Waals surface area contributed by atoms with Crippen LogP contribution in [0.2, 0.25) is 0 Å². The molecule has 3 aromatic rings. The molecule has 1 aromatic heterocycles. The molecule has 1 N–H and O–H groups in total. The minimum Gasteiger partial charge on any atom is -0.497 e. The number of nitrogens with one attached hydrogen (secondary N) is 1. The third kappa shape index (κ3) is 3.37. The fraction of sp³-hybridized carbons (Fsp3) is 0.318. The fourth-order valence-corrected chi connectivity index (χ4v) is 3.77. The van der Waals surface area contributed by atoms with E-state index in [0.29, 0.717) is 6.61 Å². The van der Waals surface area contributed by atoms with Gasteiger partial charge in [0.2, 0.25) is 5.91 Å². The van der Waals surface area contributed by atoms with E-state index in [1.54, 1.807) is 13.4 Å². The molecule has 5 heteroatoms. The minimum atomic E-state index is -0.0295. The topological polar surface area (TPSA) is 60.7 Å². The molecule has 27 heavy (non-hydrogen) atoms. The Morgan fingerprint density at radius 1 is 1.26 bits per heavy atom. The molecule has 0 fully saturated rings. The van der Waals surface area contributed by atoms with Crippen LogP contribution in [0.4, 0.5) is 0 Å². The average Bonchev–Trinajstić information content (AvgIpc) is 3.04. The number of furan rings is 1. The van der Waals surface area contributed by atoms with Gasteiger partial charge in [-0.2, -0.15) is 0 Å². The van der Waals surface area contributed by atoms with Gasteiger partial charge in [-0.1, -0.05) is 17.7 Å². The van der Waals surface area contributed by atoms with Crippen molar-refractivity contribution in [3.05, 3.63) is 58.8 Å². The molecular weight excluding hydrogens is 342 g/mol. The predicted octanol–water partition coefficient (Wildman–Crippen LogP) is 4.24. The SMILES string of the molecule is COc1ccc2c(CC(=O)NC3CCOc4c(C)cc(C)cc43)coc2c1. The standard InChI is InChI=1S/C22H23NO4/c1-13-8-14(2)22-18(9-13)19(6-7-26-22)23-21(24)10-15-12-27-20-11-16(25-3)4-5-17(15)20/h4-5,8-9,11-12,19H,6-7,10H2,1-3H3,(H,23,24). The van der Waals surface area contributed by atoms with Gasteiger partial charge < -0.3 is 19.2 Å². The van der Waals surface area contributed by atoms with E-state index >= 15 is 0 Å². The molecule has 2 heterocycles. The number of carbonyl (C=O) groups is 1. The van der Waals surface area contributed by atoms with Gasteiger partial charge in [0.1, 0.15) is 17.1 Å². The van der Waals surface area contributed by atoms with E-state index in [4.69, 9.17) is 13.9 Å². The van der Waals surface area contributed by atoms with E-state index in [2.05, 4.69) is 24.4 Å². The molecule has 2 aromatic carbocycles. The Hall–Kier alpha value is -2.95. The Labute approximate surface area is 158 Å². The van der Waals surface area contributed by atoms with Crippen molar-refractivity contribution in [2.75, 3.05) is 13.7 Å². The Kier molecular flexibility index (Phi) is 4.52. The van der Waals surface area contributed by atoms with Crippen LogP contribution in [0, 0.1) is 13.8 Å². The summed E-state index contributed by atoms with van der Waals surface area (Å²) in [6.45, 7) is 4.71. The number of rotatable bonds is 4. The second-order valence-electron chi connectivity index (χ2n) is 7.06. The van der Waals surface area contributed by atoms with Gasteiger partial charge >= 0.3 is 0 Å². The molecule has 5 nitrogen and oxygen atoms in total.